The highest BCUT2D eigenvalue weighted by atomic mass is 16.2. The van der Waals surface area contributed by atoms with E-state index in [0.29, 0.717) is 26.1 Å². The van der Waals surface area contributed by atoms with Gasteiger partial charge in [0.05, 0.1) is 12.1 Å². The molecule has 0 bridgehead atoms. The van der Waals surface area contributed by atoms with Gasteiger partial charge in [-0.3, -0.25) is 19.7 Å². The SMILES string of the molecule is NCCn1cc2ccc(N3CCC(=O)NC3=O)cc2n1. The van der Waals surface area contributed by atoms with Gasteiger partial charge >= 0.3 is 6.03 Å². The summed E-state index contributed by atoms with van der Waals surface area (Å²) in [5, 5.41) is 7.71. The van der Waals surface area contributed by atoms with Gasteiger partial charge in [-0.15, -0.1) is 0 Å². The number of carbonyl (C=O) groups is 2. The molecule has 0 unspecified atom stereocenters. The van der Waals surface area contributed by atoms with Crippen molar-refractivity contribution >= 4 is 28.5 Å². The second-order valence-electron chi connectivity index (χ2n) is 4.68. The van der Waals surface area contributed by atoms with Crippen molar-refractivity contribution in [3.05, 3.63) is 24.4 Å². The van der Waals surface area contributed by atoms with Crippen molar-refractivity contribution in [3.63, 3.8) is 0 Å². The maximum absolute atomic E-state index is 11.8. The van der Waals surface area contributed by atoms with Crippen molar-refractivity contribution in [3.8, 4) is 0 Å². The van der Waals surface area contributed by atoms with E-state index in [9.17, 15) is 9.59 Å². The molecule has 7 nitrogen and oxygen atoms in total. The Kier molecular flexibility index (Phi) is 3.11. The number of urea groups is 1. The zero-order chi connectivity index (χ0) is 14.1. The Morgan fingerprint density at radius 2 is 2.20 bits per heavy atom. The van der Waals surface area contributed by atoms with E-state index >= 15 is 0 Å². The number of nitrogens with one attached hydrogen (secondary N) is 1. The maximum atomic E-state index is 11.8. The predicted molar refractivity (Wildman–Crippen MR) is 74.3 cm³/mol. The summed E-state index contributed by atoms with van der Waals surface area (Å²) in [5.41, 5.74) is 7.05. The highest BCUT2D eigenvalue weighted by molar-refractivity contribution is 6.06. The molecule has 2 heterocycles. The quantitative estimate of drug-likeness (QED) is 0.848. The van der Waals surface area contributed by atoms with E-state index in [1.54, 1.807) is 9.58 Å². The standard InChI is InChI=1S/C13H15N5O2/c14-4-6-17-8-9-1-2-10(7-11(9)16-17)18-5-3-12(19)15-13(18)20/h1-2,7-8H,3-6,14H2,(H,15,19,20). The molecule has 1 aliphatic heterocycles. The Morgan fingerprint density at radius 3 is 2.95 bits per heavy atom. The number of carbonyl (C=O) groups excluding carboxylic acids is 2. The smallest absolute Gasteiger partial charge is 0.328 e. The molecule has 0 saturated carbocycles. The van der Waals surface area contributed by atoms with Crippen LogP contribution in [-0.2, 0) is 11.3 Å². The van der Waals surface area contributed by atoms with Crippen molar-refractivity contribution in [2.24, 2.45) is 5.73 Å². The van der Waals surface area contributed by atoms with Gasteiger partial charge in [0, 0.05) is 36.8 Å². The summed E-state index contributed by atoms with van der Waals surface area (Å²) >= 11 is 0. The van der Waals surface area contributed by atoms with Crippen molar-refractivity contribution in [2.45, 2.75) is 13.0 Å². The molecule has 20 heavy (non-hydrogen) atoms. The van der Waals surface area contributed by atoms with Crippen LogP contribution in [0.5, 0.6) is 0 Å². The van der Waals surface area contributed by atoms with Crippen LogP contribution in [-0.4, -0.2) is 34.8 Å². The number of nitrogens with two attached hydrogens (primary N) is 1. The first-order valence-corrected chi connectivity index (χ1v) is 6.46. The average Bonchev–Trinajstić information content (AvgIpc) is 2.80. The molecule has 1 aliphatic rings. The summed E-state index contributed by atoms with van der Waals surface area (Å²) in [5.74, 6) is -0.237. The van der Waals surface area contributed by atoms with Crippen LogP contribution in [0.2, 0.25) is 0 Å². The van der Waals surface area contributed by atoms with Gasteiger partial charge in [0.2, 0.25) is 5.91 Å². The lowest BCUT2D eigenvalue weighted by Gasteiger charge is -2.26. The Morgan fingerprint density at radius 1 is 1.35 bits per heavy atom. The van der Waals surface area contributed by atoms with E-state index in [0.717, 1.165) is 16.6 Å². The molecule has 3 rings (SSSR count). The minimum atomic E-state index is -0.387. The predicted octanol–water partition coefficient (Wildman–Crippen LogP) is 0.441. The van der Waals surface area contributed by atoms with Gasteiger partial charge in [-0.05, 0) is 18.2 Å². The van der Waals surface area contributed by atoms with Gasteiger partial charge in [-0.1, -0.05) is 0 Å². The molecule has 3 N–H and O–H groups in total. The van der Waals surface area contributed by atoms with Gasteiger partial charge in [-0.2, -0.15) is 5.10 Å². The number of imide groups is 1. The van der Waals surface area contributed by atoms with Gasteiger partial charge < -0.3 is 5.73 Å². The summed E-state index contributed by atoms with van der Waals surface area (Å²) in [6, 6.07) is 5.22. The summed E-state index contributed by atoms with van der Waals surface area (Å²) < 4.78 is 1.79. The van der Waals surface area contributed by atoms with Gasteiger partial charge in [0.25, 0.3) is 0 Å². The van der Waals surface area contributed by atoms with Crippen LogP contribution in [0.3, 0.4) is 0 Å². The highest BCUT2D eigenvalue weighted by Gasteiger charge is 2.24. The molecular formula is C13H15N5O2. The number of hydrogen-bond donors (Lipinski definition) is 2. The zero-order valence-electron chi connectivity index (χ0n) is 10.9. The van der Waals surface area contributed by atoms with E-state index in [2.05, 4.69) is 10.4 Å². The molecule has 1 saturated heterocycles. The Hall–Kier alpha value is -2.41. The van der Waals surface area contributed by atoms with E-state index < -0.39 is 0 Å². The van der Waals surface area contributed by atoms with Crippen LogP contribution < -0.4 is 16.0 Å². The maximum Gasteiger partial charge on any atom is 0.328 e. The Balaban J connectivity index is 1.92. The number of amides is 3. The number of anilines is 1. The fraction of sp³-hybridized carbons (Fsp3) is 0.308. The molecule has 0 aliphatic carbocycles. The molecular weight excluding hydrogens is 258 g/mol. The summed E-state index contributed by atoms with van der Waals surface area (Å²) in [6.45, 7) is 1.57. The van der Waals surface area contributed by atoms with Gasteiger partial charge in [0.1, 0.15) is 0 Å². The van der Waals surface area contributed by atoms with E-state index in [-0.39, 0.29) is 11.9 Å². The average molecular weight is 273 g/mol. The first kappa shape index (κ1) is 12.6. The number of nitrogens with zero attached hydrogens (tertiary/aromatic N) is 3. The van der Waals surface area contributed by atoms with Crippen LogP contribution in [0.25, 0.3) is 10.9 Å². The number of benzene rings is 1. The molecule has 1 aromatic carbocycles. The van der Waals surface area contributed by atoms with Gasteiger partial charge in [0.15, 0.2) is 0 Å². The first-order chi connectivity index (χ1) is 9.67. The van der Waals surface area contributed by atoms with Gasteiger partial charge in [-0.25, -0.2) is 4.79 Å². The normalized spacial score (nSPS) is 15.8. The lowest BCUT2D eigenvalue weighted by Crippen LogP contribution is -2.49. The topological polar surface area (TPSA) is 93.2 Å². The highest BCUT2D eigenvalue weighted by Crippen LogP contribution is 2.22. The monoisotopic (exact) mass is 273 g/mol. The van der Waals surface area contributed by atoms with Crippen molar-refractivity contribution in [1.29, 1.82) is 0 Å². The number of fused-ring (bicyclic) bond motifs is 1. The zero-order valence-corrected chi connectivity index (χ0v) is 10.9. The third kappa shape index (κ3) is 2.23. The summed E-state index contributed by atoms with van der Waals surface area (Å²) in [7, 11) is 0. The largest absolute Gasteiger partial charge is 0.329 e. The second-order valence-corrected chi connectivity index (χ2v) is 4.68. The Labute approximate surface area is 115 Å². The van der Waals surface area contributed by atoms with E-state index in [4.69, 9.17) is 5.73 Å². The Bertz CT molecular complexity index is 678. The van der Waals surface area contributed by atoms with E-state index in [1.807, 2.05) is 24.4 Å². The molecule has 3 amide bonds. The van der Waals surface area contributed by atoms with Crippen LogP contribution in [0.4, 0.5) is 10.5 Å². The van der Waals surface area contributed by atoms with Crippen molar-refractivity contribution < 1.29 is 9.59 Å². The third-order valence-corrected chi connectivity index (χ3v) is 3.26. The molecule has 0 radical (unpaired) electrons. The lowest BCUT2D eigenvalue weighted by atomic mass is 10.2. The van der Waals surface area contributed by atoms with Crippen LogP contribution >= 0.6 is 0 Å². The molecule has 0 spiro atoms. The fourth-order valence-electron chi connectivity index (χ4n) is 2.28. The fourth-order valence-corrected chi connectivity index (χ4v) is 2.28. The van der Waals surface area contributed by atoms with Crippen molar-refractivity contribution in [1.82, 2.24) is 15.1 Å². The third-order valence-electron chi connectivity index (χ3n) is 3.26. The van der Waals surface area contributed by atoms with Crippen LogP contribution in [0.15, 0.2) is 24.4 Å². The second kappa shape index (κ2) is 4.93. The summed E-state index contributed by atoms with van der Waals surface area (Å²) in [6.07, 6.45) is 2.23. The molecule has 7 heteroatoms. The van der Waals surface area contributed by atoms with Crippen LogP contribution in [0.1, 0.15) is 6.42 Å². The first-order valence-electron chi connectivity index (χ1n) is 6.46. The molecule has 2 aromatic rings. The number of rotatable bonds is 3. The minimum absolute atomic E-state index is 0.237. The summed E-state index contributed by atoms with van der Waals surface area (Å²) in [4.78, 5) is 24.5. The number of hydrogen-bond acceptors (Lipinski definition) is 4. The molecule has 0 atom stereocenters. The molecule has 1 aromatic heterocycles. The minimum Gasteiger partial charge on any atom is -0.329 e. The lowest BCUT2D eigenvalue weighted by molar-refractivity contribution is -0.120. The van der Waals surface area contributed by atoms with Crippen LogP contribution in [0, 0.1) is 0 Å². The molecule has 104 valence electrons. The van der Waals surface area contributed by atoms with E-state index in [1.165, 1.54) is 0 Å². The molecule has 1 fully saturated rings. The number of aromatic nitrogens is 2. The van der Waals surface area contributed by atoms with Crippen molar-refractivity contribution in [2.75, 3.05) is 18.0 Å².